The largest absolute Gasteiger partial charge is 0.326 e. The van der Waals surface area contributed by atoms with Gasteiger partial charge in [-0.1, -0.05) is 29.3 Å². The van der Waals surface area contributed by atoms with Gasteiger partial charge < -0.3 is 5.73 Å². The minimum Gasteiger partial charge on any atom is -0.326 e. The number of nitrogens with one attached hydrogen (secondary N) is 1. The molecule has 0 heterocycles. The normalized spacial score (nSPS) is 16.8. The van der Waals surface area contributed by atoms with Crippen LogP contribution in [-0.2, 0) is 10.0 Å². The Labute approximate surface area is 129 Å². The van der Waals surface area contributed by atoms with Crippen LogP contribution in [0.4, 0.5) is 0 Å². The highest BCUT2D eigenvalue weighted by Gasteiger charge is 2.29. The summed E-state index contributed by atoms with van der Waals surface area (Å²) in [5.41, 5.74) is 5.85. The highest BCUT2D eigenvalue weighted by molar-refractivity contribution is 7.89. The van der Waals surface area contributed by atoms with E-state index in [1.165, 1.54) is 6.07 Å². The van der Waals surface area contributed by atoms with E-state index in [9.17, 15) is 8.42 Å². The van der Waals surface area contributed by atoms with Gasteiger partial charge in [-0.25, -0.2) is 13.1 Å². The van der Waals surface area contributed by atoms with Crippen LogP contribution in [0.15, 0.2) is 23.1 Å². The van der Waals surface area contributed by atoms with Crippen LogP contribution in [0.1, 0.15) is 12.8 Å². The van der Waals surface area contributed by atoms with Crippen molar-refractivity contribution in [1.82, 2.24) is 4.72 Å². The molecule has 1 unspecified atom stereocenters. The predicted octanol–water partition coefficient (Wildman–Crippen LogP) is 2.43. The van der Waals surface area contributed by atoms with Crippen LogP contribution in [0.25, 0.3) is 0 Å². The van der Waals surface area contributed by atoms with E-state index < -0.39 is 10.0 Å². The summed E-state index contributed by atoms with van der Waals surface area (Å²) in [7, 11) is -3.66. The van der Waals surface area contributed by atoms with Crippen LogP contribution in [0.3, 0.4) is 0 Å². The Hall–Kier alpha value is -0.0400. The number of halogens is 3. The molecule has 1 fully saturated rings. The molecular formula is C11H15Cl3N2O2S. The zero-order valence-corrected chi connectivity index (χ0v) is 13.1. The zero-order chi connectivity index (χ0) is 13.3. The minimum absolute atomic E-state index is 0. The van der Waals surface area contributed by atoms with Gasteiger partial charge in [-0.2, -0.15) is 0 Å². The van der Waals surface area contributed by atoms with Crippen LogP contribution < -0.4 is 10.5 Å². The van der Waals surface area contributed by atoms with Gasteiger partial charge in [0.2, 0.25) is 10.0 Å². The topological polar surface area (TPSA) is 72.2 Å². The monoisotopic (exact) mass is 344 g/mol. The van der Waals surface area contributed by atoms with Crippen molar-refractivity contribution < 1.29 is 8.42 Å². The van der Waals surface area contributed by atoms with Crippen LogP contribution in [0, 0.1) is 5.92 Å². The summed E-state index contributed by atoms with van der Waals surface area (Å²) in [4.78, 5) is -0.0142. The van der Waals surface area contributed by atoms with Crippen molar-refractivity contribution in [2.75, 3.05) is 6.54 Å². The van der Waals surface area contributed by atoms with Crippen molar-refractivity contribution in [3.05, 3.63) is 28.2 Å². The smallest absolute Gasteiger partial charge is 0.242 e. The molecule has 1 aliphatic rings. The Kier molecular flexibility index (Phi) is 5.92. The first-order valence-corrected chi connectivity index (χ1v) is 7.85. The predicted molar refractivity (Wildman–Crippen MR) is 79.6 cm³/mol. The molecule has 1 atom stereocenters. The van der Waals surface area contributed by atoms with Crippen LogP contribution in [0.2, 0.25) is 10.0 Å². The van der Waals surface area contributed by atoms with Crippen molar-refractivity contribution in [1.29, 1.82) is 0 Å². The van der Waals surface area contributed by atoms with Crippen molar-refractivity contribution >= 4 is 45.6 Å². The van der Waals surface area contributed by atoms with Gasteiger partial charge in [0.05, 0.1) is 10.0 Å². The molecular weight excluding hydrogens is 331 g/mol. The third-order valence-electron chi connectivity index (χ3n) is 2.94. The first-order chi connectivity index (χ1) is 8.42. The summed E-state index contributed by atoms with van der Waals surface area (Å²) >= 11 is 11.7. The van der Waals surface area contributed by atoms with E-state index >= 15 is 0 Å². The Morgan fingerprint density at radius 1 is 1.37 bits per heavy atom. The maximum absolute atomic E-state index is 12.0. The summed E-state index contributed by atoms with van der Waals surface area (Å²) in [6, 6.07) is 4.36. The molecule has 0 bridgehead atoms. The van der Waals surface area contributed by atoms with Gasteiger partial charge >= 0.3 is 0 Å². The average Bonchev–Trinajstić information content (AvgIpc) is 3.13. The summed E-state index contributed by atoms with van der Waals surface area (Å²) < 4.78 is 26.6. The van der Waals surface area contributed by atoms with Crippen LogP contribution in [0.5, 0.6) is 0 Å². The first-order valence-electron chi connectivity index (χ1n) is 5.61. The number of hydrogen-bond donors (Lipinski definition) is 2. The molecule has 1 aromatic rings. The highest BCUT2D eigenvalue weighted by Crippen LogP contribution is 2.32. The van der Waals surface area contributed by atoms with Gasteiger partial charge in [0, 0.05) is 12.6 Å². The van der Waals surface area contributed by atoms with Gasteiger partial charge in [-0.15, -0.1) is 12.4 Å². The van der Waals surface area contributed by atoms with Crippen molar-refractivity contribution in [2.45, 2.75) is 23.8 Å². The molecule has 4 nitrogen and oxygen atoms in total. The standard InChI is InChI=1S/C11H14Cl2N2O2S.ClH/c12-8-2-1-3-10(11(8)13)18(16,17)15-6-9(14)7-4-5-7;/h1-3,7,9,15H,4-6,14H2;1H. The van der Waals surface area contributed by atoms with Crippen molar-refractivity contribution in [3.63, 3.8) is 0 Å². The number of nitrogens with two attached hydrogens (primary N) is 1. The molecule has 0 aromatic heterocycles. The van der Waals surface area contributed by atoms with Gasteiger partial charge in [-0.3, -0.25) is 0 Å². The zero-order valence-electron chi connectivity index (χ0n) is 9.97. The average molecular weight is 346 g/mol. The molecule has 0 spiro atoms. The molecule has 3 N–H and O–H groups in total. The molecule has 1 aromatic carbocycles. The molecule has 0 amide bonds. The van der Waals surface area contributed by atoms with E-state index in [0.717, 1.165) is 12.8 Å². The number of rotatable bonds is 5. The fraction of sp³-hybridized carbons (Fsp3) is 0.455. The molecule has 19 heavy (non-hydrogen) atoms. The summed E-state index contributed by atoms with van der Waals surface area (Å²) in [6.45, 7) is 0.218. The lowest BCUT2D eigenvalue weighted by Crippen LogP contribution is -2.38. The van der Waals surface area contributed by atoms with Crippen molar-refractivity contribution in [2.24, 2.45) is 11.7 Å². The van der Waals surface area contributed by atoms with Gasteiger partial charge in [-0.05, 0) is 30.9 Å². The Bertz CT molecular complexity index is 547. The van der Waals surface area contributed by atoms with E-state index in [1.54, 1.807) is 12.1 Å². The fourth-order valence-electron chi connectivity index (χ4n) is 1.67. The quantitative estimate of drug-likeness (QED) is 0.861. The number of benzene rings is 1. The first kappa shape index (κ1) is 17.0. The van der Waals surface area contributed by atoms with E-state index in [2.05, 4.69) is 4.72 Å². The lowest BCUT2D eigenvalue weighted by molar-refractivity contribution is 0.548. The maximum atomic E-state index is 12.0. The Morgan fingerprint density at radius 2 is 2.00 bits per heavy atom. The highest BCUT2D eigenvalue weighted by atomic mass is 35.5. The number of sulfonamides is 1. The number of hydrogen-bond acceptors (Lipinski definition) is 3. The molecule has 1 aliphatic carbocycles. The minimum atomic E-state index is -3.66. The molecule has 0 aliphatic heterocycles. The molecule has 1 saturated carbocycles. The molecule has 8 heteroatoms. The lowest BCUT2D eigenvalue weighted by Gasteiger charge is -2.13. The Balaban J connectivity index is 0.00000180. The van der Waals surface area contributed by atoms with Crippen molar-refractivity contribution in [3.8, 4) is 0 Å². The molecule has 2 rings (SSSR count). The molecule has 0 saturated heterocycles. The maximum Gasteiger partial charge on any atom is 0.242 e. The van der Waals surface area contributed by atoms with E-state index in [4.69, 9.17) is 28.9 Å². The summed E-state index contributed by atoms with van der Waals surface area (Å²) in [5.74, 6) is 0.433. The fourth-order valence-corrected chi connectivity index (χ4v) is 3.50. The van der Waals surface area contributed by atoms with Crippen LogP contribution >= 0.6 is 35.6 Å². The Morgan fingerprint density at radius 3 is 2.58 bits per heavy atom. The second-order valence-electron chi connectivity index (χ2n) is 4.41. The van der Waals surface area contributed by atoms with Gasteiger partial charge in [0.15, 0.2) is 0 Å². The van der Waals surface area contributed by atoms with Crippen LogP contribution in [-0.4, -0.2) is 21.0 Å². The van der Waals surface area contributed by atoms with Gasteiger partial charge in [0.25, 0.3) is 0 Å². The lowest BCUT2D eigenvalue weighted by atomic mass is 10.2. The third-order valence-corrected chi connectivity index (χ3v) is 5.34. The van der Waals surface area contributed by atoms with E-state index in [-0.39, 0.29) is 39.9 Å². The third kappa shape index (κ3) is 4.21. The second-order valence-corrected chi connectivity index (χ2v) is 6.93. The SMILES string of the molecule is Cl.NC(CNS(=O)(=O)c1cccc(Cl)c1Cl)C1CC1. The van der Waals surface area contributed by atoms with E-state index in [1.807, 2.05) is 0 Å². The van der Waals surface area contributed by atoms with E-state index in [0.29, 0.717) is 5.92 Å². The molecule has 0 radical (unpaired) electrons. The van der Waals surface area contributed by atoms with Gasteiger partial charge in [0.1, 0.15) is 4.90 Å². The summed E-state index contributed by atoms with van der Waals surface area (Å²) in [5, 5.41) is 0.248. The molecule has 108 valence electrons. The summed E-state index contributed by atoms with van der Waals surface area (Å²) in [6.07, 6.45) is 2.14. The second kappa shape index (κ2) is 6.61.